The fraction of sp³-hybridized carbons (Fsp3) is 0.400. The van der Waals surface area contributed by atoms with Crippen LogP contribution in [-0.4, -0.2) is 11.8 Å². The van der Waals surface area contributed by atoms with Gasteiger partial charge in [0.05, 0.1) is 0 Å². The maximum Gasteiger partial charge on any atom is 0.269 e. The number of amides is 2. The monoisotopic (exact) mass is 340 g/mol. The summed E-state index contributed by atoms with van der Waals surface area (Å²) in [6.45, 7) is 4.27. The lowest BCUT2D eigenvalue weighted by Gasteiger charge is -2.07. The molecule has 0 radical (unpaired) electrons. The quantitative estimate of drug-likeness (QED) is 0.792. The summed E-state index contributed by atoms with van der Waals surface area (Å²) in [6, 6.07) is 11.3. The van der Waals surface area contributed by atoms with Crippen molar-refractivity contribution in [3.63, 3.8) is 0 Å². The molecule has 2 unspecified atom stereocenters. The van der Waals surface area contributed by atoms with Crippen molar-refractivity contribution in [1.29, 1.82) is 0 Å². The molecule has 1 fully saturated rings. The molecule has 1 heterocycles. The first-order chi connectivity index (χ1) is 12.1. The van der Waals surface area contributed by atoms with Crippen LogP contribution in [0.4, 0.5) is 0 Å². The Kier molecular flexibility index (Phi) is 5.22. The molecule has 3 rings (SSSR count). The minimum atomic E-state index is -0.320. The number of aryl methyl sites for hydroxylation is 2. The molecule has 0 bridgehead atoms. The molecule has 0 aliphatic heterocycles. The molecule has 2 N–H and O–H groups in total. The van der Waals surface area contributed by atoms with E-state index >= 15 is 0 Å². The van der Waals surface area contributed by atoms with Crippen LogP contribution in [0.5, 0.6) is 0 Å². The molecule has 1 aliphatic carbocycles. The Bertz CT molecular complexity index is 749. The summed E-state index contributed by atoms with van der Waals surface area (Å²) in [5.41, 5.74) is 6.58. The minimum absolute atomic E-state index is 0.240. The number of hydrazine groups is 1. The van der Waals surface area contributed by atoms with E-state index in [1.165, 1.54) is 12.0 Å². The van der Waals surface area contributed by atoms with E-state index in [1.807, 2.05) is 24.3 Å². The molecule has 1 aromatic heterocycles. The van der Waals surface area contributed by atoms with Crippen LogP contribution in [0.1, 0.15) is 60.0 Å². The number of carbonyl (C=O) groups excluding carboxylic acids is 2. The predicted octanol–water partition coefficient (Wildman–Crippen LogP) is 3.36. The van der Waals surface area contributed by atoms with Crippen molar-refractivity contribution in [2.75, 3.05) is 0 Å². The zero-order valence-corrected chi connectivity index (χ0v) is 14.7. The third-order valence-electron chi connectivity index (χ3n) is 4.70. The first kappa shape index (κ1) is 17.3. The molecule has 5 heteroatoms. The molecule has 1 aliphatic rings. The van der Waals surface area contributed by atoms with Gasteiger partial charge in [-0.25, -0.2) is 0 Å². The molecule has 0 saturated heterocycles. The van der Waals surface area contributed by atoms with Gasteiger partial charge < -0.3 is 4.42 Å². The van der Waals surface area contributed by atoms with Gasteiger partial charge in [-0.3, -0.25) is 20.4 Å². The van der Waals surface area contributed by atoms with E-state index in [0.29, 0.717) is 23.8 Å². The number of furan rings is 1. The highest BCUT2D eigenvalue weighted by molar-refractivity contribution is 5.95. The summed E-state index contributed by atoms with van der Waals surface area (Å²) in [6.07, 6.45) is 2.89. The Morgan fingerprint density at radius 1 is 1.12 bits per heavy atom. The van der Waals surface area contributed by atoms with Crippen molar-refractivity contribution in [2.24, 2.45) is 5.92 Å². The topological polar surface area (TPSA) is 71.3 Å². The number of nitrogens with one attached hydrogen (secondary N) is 2. The average molecular weight is 340 g/mol. The van der Waals surface area contributed by atoms with Gasteiger partial charge in [0.2, 0.25) is 5.91 Å². The Morgan fingerprint density at radius 3 is 2.48 bits per heavy atom. The Labute approximate surface area is 147 Å². The van der Waals surface area contributed by atoms with Crippen LogP contribution in [0.3, 0.4) is 0 Å². The van der Waals surface area contributed by atoms with Crippen LogP contribution < -0.4 is 10.9 Å². The first-order valence-electron chi connectivity index (χ1n) is 8.83. The number of rotatable bonds is 6. The summed E-state index contributed by atoms with van der Waals surface area (Å²) in [7, 11) is 0. The normalized spacial score (nSPS) is 18.6. The van der Waals surface area contributed by atoms with Crippen LogP contribution in [0.15, 0.2) is 40.8 Å². The third kappa shape index (κ3) is 4.50. The highest BCUT2D eigenvalue weighted by atomic mass is 16.3. The maximum atomic E-state index is 12.0. The van der Waals surface area contributed by atoms with Gasteiger partial charge >= 0.3 is 0 Å². The van der Waals surface area contributed by atoms with Crippen molar-refractivity contribution in [1.82, 2.24) is 10.9 Å². The lowest BCUT2D eigenvalue weighted by Crippen LogP contribution is -2.41. The molecule has 1 saturated carbocycles. The fourth-order valence-corrected chi connectivity index (χ4v) is 2.84. The molecule has 0 spiro atoms. The molecular formula is C20H24N2O3. The summed E-state index contributed by atoms with van der Waals surface area (Å²) in [5, 5.41) is 0. The molecule has 5 nitrogen and oxygen atoms in total. The van der Waals surface area contributed by atoms with E-state index in [1.54, 1.807) is 12.1 Å². The zero-order chi connectivity index (χ0) is 17.8. The third-order valence-corrected chi connectivity index (χ3v) is 4.70. The Morgan fingerprint density at radius 2 is 1.84 bits per heavy atom. The van der Waals surface area contributed by atoms with E-state index in [-0.39, 0.29) is 18.2 Å². The second-order valence-corrected chi connectivity index (χ2v) is 6.68. The van der Waals surface area contributed by atoms with Crippen molar-refractivity contribution >= 4 is 11.8 Å². The van der Waals surface area contributed by atoms with Gasteiger partial charge in [0.15, 0.2) is 0 Å². The molecule has 2 aromatic rings. The van der Waals surface area contributed by atoms with E-state index in [0.717, 1.165) is 17.9 Å². The largest absolute Gasteiger partial charge is 0.466 e. The standard InChI is InChI=1S/C20H24N2O3/c1-3-14-4-6-15(7-5-14)20(24)22-21-19(23)11-9-16-8-10-18(25-16)17-12-13(17)2/h4-8,10,13,17H,3,9,11-12H2,1-2H3,(H,21,23)(H,22,24). The van der Waals surface area contributed by atoms with Gasteiger partial charge in [-0.15, -0.1) is 0 Å². The first-order valence-corrected chi connectivity index (χ1v) is 8.83. The molecule has 132 valence electrons. The fourth-order valence-electron chi connectivity index (χ4n) is 2.84. The number of hydrogen-bond donors (Lipinski definition) is 2. The zero-order valence-electron chi connectivity index (χ0n) is 14.7. The van der Waals surface area contributed by atoms with Gasteiger partial charge in [-0.2, -0.15) is 0 Å². The van der Waals surface area contributed by atoms with E-state index in [4.69, 9.17) is 4.42 Å². The smallest absolute Gasteiger partial charge is 0.269 e. The van der Waals surface area contributed by atoms with Crippen LogP contribution in [0.2, 0.25) is 0 Å². The van der Waals surface area contributed by atoms with E-state index < -0.39 is 0 Å². The maximum absolute atomic E-state index is 12.0. The van der Waals surface area contributed by atoms with Gasteiger partial charge in [-0.1, -0.05) is 26.0 Å². The SMILES string of the molecule is CCc1ccc(C(=O)NNC(=O)CCc2ccc(C3CC3C)o2)cc1. The van der Waals surface area contributed by atoms with Gasteiger partial charge in [0, 0.05) is 24.3 Å². The van der Waals surface area contributed by atoms with Gasteiger partial charge in [-0.05, 0) is 48.6 Å². The van der Waals surface area contributed by atoms with E-state index in [9.17, 15) is 9.59 Å². The predicted molar refractivity (Wildman–Crippen MR) is 95.0 cm³/mol. The average Bonchev–Trinajstić information content (AvgIpc) is 3.18. The highest BCUT2D eigenvalue weighted by Crippen LogP contribution is 2.47. The molecule has 2 atom stereocenters. The highest BCUT2D eigenvalue weighted by Gasteiger charge is 2.36. The minimum Gasteiger partial charge on any atom is -0.466 e. The van der Waals surface area contributed by atoms with E-state index in [2.05, 4.69) is 24.7 Å². The van der Waals surface area contributed by atoms with Crippen molar-refractivity contribution in [3.8, 4) is 0 Å². The number of hydrogen-bond acceptors (Lipinski definition) is 3. The molecule has 1 aromatic carbocycles. The molecule has 25 heavy (non-hydrogen) atoms. The van der Waals surface area contributed by atoms with Crippen LogP contribution in [0, 0.1) is 5.92 Å². The lowest BCUT2D eigenvalue weighted by atomic mass is 10.1. The number of benzene rings is 1. The van der Waals surface area contributed by atoms with Crippen LogP contribution >= 0.6 is 0 Å². The summed E-state index contributed by atoms with van der Waals surface area (Å²) < 4.78 is 5.78. The second kappa shape index (κ2) is 7.55. The number of carbonyl (C=O) groups is 2. The van der Waals surface area contributed by atoms with Crippen molar-refractivity contribution in [3.05, 3.63) is 59.0 Å². The Balaban J connectivity index is 1.41. The van der Waals surface area contributed by atoms with Gasteiger partial charge in [0.1, 0.15) is 11.5 Å². The molecule has 2 amide bonds. The van der Waals surface area contributed by atoms with Crippen molar-refractivity contribution in [2.45, 2.75) is 45.4 Å². The lowest BCUT2D eigenvalue weighted by molar-refractivity contribution is -0.121. The Hall–Kier alpha value is -2.56. The van der Waals surface area contributed by atoms with Gasteiger partial charge in [0.25, 0.3) is 5.91 Å². The van der Waals surface area contributed by atoms with Crippen LogP contribution in [0.25, 0.3) is 0 Å². The summed E-state index contributed by atoms with van der Waals surface area (Å²) >= 11 is 0. The summed E-state index contributed by atoms with van der Waals surface area (Å²) in [5.74, 6) is 2.51. The second-order valence-electron chi connectivity index (χ2n) is 6.68. The van der Waals surface area contributed by atoms with Crippen molar-refractivity contribution < 1.29 is 14.0 Å². The molecular weight excluding hydrogens is 316 g/mol. The van der Waals surface area contributed by atoms with Crippen LogP contribution in [-0.2, 0) is 17.6 Å². The summed E-state index contributed by atoms with van der Waals surface area (Å²) in [4.78, 5) is 23.9.